The molecule has 1 aliphatic heterocycles. The molecule has 0 aliphatic carbocycles. The van der Waals surface area contributed by atoms with Gasteiger partial charge in [-0.2, -0.15) is 0 Å². The van der Waals surface area contributed by atoms with Crippen molar-refractivity contribution < 1.29 is 0 Å². The van der Waals surface area contributed by atoms with Gasteiger partial charge in [-0.15, -0.1) is 17.0 Å². The summed E-state index contributed by atoms with van der Waals surface area (Å²) in [5, 5.41) is 4.28. The summed E-state index contributed by atoms with van der Waals surface area (Å²) in [7, 11) is 0. The van der Waals surface area contributed by atoms with E-state index < -0.39 is 0 Å². The minimum Gasteiger partial charge on any atom is -0.365 e. The molecule has 0 bridgehead atoms. The first-order chi connectivity index (χ1) is 3.93. The van der Waals surface area contributed by atoms with E-state index in [4.69, 9.17) is 0 Å². The molecule has 1 rings (SSSR count). The first-order valence-corrected chi connectivity index (χ1v) is 3.98. The maximum absolute atomic E-state index is 4.22. The Labute approximate surface area is 70.3 Å². The second-order valence-corrected chi connectivity index (χ2v) is 2.47. The van der Waals surface area contributed by atoms with Crippen LogP contribution in [0.15, 0.2) is 4.99 Å². The van der Waals surface area contributed by atoms with Crippen molar-refractivity contribution in [2.24, 2.45) is 4.99 Å². The van der Waals surface area contributed by atoms with Crippen LogP contribution in [0, 0.1) is 0 Å². The molecule has 2 nitrogen and oxygen atoms in total. The minimum absolute atomic E-state index is 0. The van der Waals surface area contributed by atoms with Crippen LogP contribution in [0.5, 0.6) is 0 Å². The molecule has 9 heavy (non-hydrogen) atoms. The van der Waals surface area contributed by atoms with Gasteiger partial charge in [0, 0.05) is 13.1 Å². The van der Waals surface area contributed by atoms with Crippen molar-refractivity contribution in [2.75, 3.05) is 19.3 Å². The van der Waals surface area contributed by atoms with Crippen LogP contribution in [-0.4, -0.2) is 24.5 Å². The number of thioether (sulfide) groups is 1. The van der Waals surface area contributed by atoms with Gasteiger partial charge < -0.3 is 5.32 Å². The zero-order chi connectivity index (χ0) is 5.82. The molecule has 0 amide bonds. The highest BCUT2D eigenvalue weighted by Crippen LogP contribution is 1.99. The Morgan fingerprint density at radius 3 is 2.78 bits per heavy atom. The highest BCUT2D eigenvalue weighted by atomic mass is 79.9. The number of rotatable bonds is 0. The van der Waals surface area contributed by atoms with Crippen molar-refractivity contribution in [3.8, 4) is 0 Å². The van der Waals surface area contributed by atoms with Gasteiger partial charge in [-0.1, -0.05) is 11.8 Å². The predicted molar refractivity (Wildman–Crippen MR) is 48.8 cm³/mol. The highest BCUT2D eigenvalue weighted by molar-refractivity contribution is 8.93. The number of halogens is 1. The quantitative estimate of drug-likeness (QED) is 0.652. The largest absolute Gasteiger partial charge is 0.365 e. The number of hydrogen-bond donors (Lipinski definition) is 1. The number of nitrogens with zero attached hydrogens (tertiary/aromatic N) is 1. The van der Waals surface area contributed by atoms with Gasteiger partial charge in [-0.3, -0.25) is 4.99 Å². The average Bonchev–Trinajstić information content (AvgIpc) is 1.90. The molecule has 1 N–H and O–H groups in total. The van der Waals surface area contributed by atoms with Crippen molar-refractivity contribution in [2.45, 2.75) is 6.42 Å². The van der Waals surface area contributed by atoms with Crippen molar-refractivity contribution in [1.29, 1.82) is 0 Å². The SMILES string of the molecule is Br.CSC1=NCCCN1. The third-order valence-corrected chi connectivity index (χ3v) is 1.72. The first kappa shape index (κ1) is 9.30. The molecule has 0 saturated carbocycles. The molecular formula is C5H11BrN2S. The summed E-state index contributed by atoms with van der Waals surface area (Å²) in [6, 6.07) is 0. The van der Waals surface area contributed by atoms with Gasteiger partial charge in [0.2, 0.25) is 0 Å². The van der Waals surface area contributed by atoms with Crippen LogP contribution in [0.4, 0.5) is 0 Å². The third kappa shape index (κ3) is 3.11. The Morgan fingerprint density at radius 1 is 1.67 bits per heavy atom. The predicted octanol–water partition coefficient (Wildman–Crippen LogP) is 1.28. The average molecular weight is 211 g/mol. The zero-order valence-corrected chi connectivity index (χ0v) is 7.91. The first-order valence-electron chi connectivity index (χ1n) is 2.76. The lowest BCUT2D eigenvalue weighted by molar-refractivity contribution is 0.751. The molecule has 0 saturated heterocycles. The second kappa shape index (κ2) is 5.11. The Kier molecular flexibility index (Phi) is 5.28. The standard InChI is InChI=1S/C5H10N2S.BrH/c1-8-5-6-3-2-4-7-5;/h2-4H2,1H3,(H,6,7);1H. The van der Waals surface area contributed by atoms with Crippen molar-refractivity contribution in [3.63, 3.8) is 0 Å². The van der Waals surface area contributed by atoms with Crippen LogP contribution < -0.4 is 5.32 Å². The Hall–Kier alpha value is 0.300. The van der Waals surface area contributed by atoms with E-state index in [0.717, 1.165) is 18.3 Å². The molecule has 0 aromatic heterocycles. The van der Waals surface area contributed by atoms with Crippen molar-refractivity contribution in [1.82, 2.24) is 5.32 Å². The molecule has 0 unspecified atom stereocenters. The number of nitrogens with one attached hydrogen (secondary N) is 1. The topological polar surface area (TPSA) is 24.4 Å². The zero-order valence-electron chi connectivity index (χ0n) is 5.39. The van der Waals surface area contributed by atoms with Crippen LogP contribution >= 0.6 is 28.7 Å². The highest BCUT2D eigenvalue weighted by Gasteiger charge is 1.99. The van der Waals surface area contributed by atoms with E-state index in [1.807, 2.05) is 6.26 Å². The van der Waals surface area contributed by atoms with E-state index in [-0.39, 0.29) is 17.0 Å². The Morgan fingerprint density at radius 2 is 2.44 bits per heavy atom. The van der Waals surface area contributed by atoms with Gasteiger partial charge in [-0.05, 0) is 12.7 Å². The smallest absolute Gasteiger partial charge is 0.156 e. The van der Waals surface area contributed by atoms with Crippen LogP contribution in [-0.2, 0) is 0 Å². The molecule has 0 radical (unpaired) electrons. The van der Waals surface area contributed by atoms with E-state index in [1.54, 1.807) is 11.8 Å². The van der Waals surface area contributed by atoms with E-state index in [0.29, 0.717) is 0 Å². The summed E-state index contributed by atoms with van der Waals surface area (Å²) in [6.07, 6.45) is 3.22. The number of amidine groups is 1. The second-order valence-electron chi connectivity index (χ2n) is 1.67. The maximum atomic E-state index is 4.22. The van der Waals surface area contributed by atoms with E-state index in [9.17, 15) is 0 Å². The Bertz CT molecular complexity index is 105. The fourth-order valence-corrected chi connectivity index (χ4v) is 1.11. The van der Waals surface area contributed by atoms with Crippen LogP contribution in [0.25, 0.3) is 0 Å². The molecule has 1 aliphatic rings. The van der Waals surface area contributed by atoms with Gasteiger partial charge >= 0.3 is 0 Å². The molecular weight excluding hydrogens is 200 g/mol. The van der Waals surface area contributed by atoms with Gasteiger partial charge in [-0.25, -0.2) is 0 Å². The van der Waals surface area contributed by atoms with E-state index in [1.165, 1.54) is 6.42 Å². The molecule has 0 aromatic carbocycles. The molecule has 0 atom stereocenters. The monoisotopic (exact) mass is 210 g/mol. The molecule has 1 heterocycles. The lowest BCUT2D eigenvalue weighted by atomic mass is 10.4. The fraction of sp³-hybridized carbons (Fsp3) is 0.800. The van der Waals surface area contributed by atoms with Crippen LogP contribution in [0.3, 0.4) is 0 Å². The number of hydrogen-bond acceptors (Lipinski definition) is 3. The molecule has 54 valence electrons. The van der Waals surface area contributed by atoms with Crippen molar-refractivity contribution in [3.05, 3.63) is 0 Å². The lowest BCUT2D eigenvalue weighted by Crippen LogP contribution is -2.26. The maximum Gasteiger partial charge on any atom is 0.156 e. The Balaban J connectivity index is 0.000000640. The normalized spacial score (nSPS) is 17.2. The molecule has 4 heteroatoms. The summed E-state index contributed by atoms with van der Waals surface area (Å²) in [4.78, 5) is 4.22. The fourth-order valence-electron chi connectivity index (χ4n) is 0.648. The van der Waals surface area contributed by atoms with Gasteiger partial charge in [0.15, 0.2) is 5.17 Å². The number of aliphatic imine (C=N–C) groups is 1. The van der Waals surface area contributed by atoms with Gasteiger partial charge in [0.1, 0.15) is 0 Å². The van der Waals surface area contributed by atoms with Crippen LogP contribution in [0.1, 0.15) is 6.42 Å². The van der Waals surface area contributed by atoms with Gasteiger partial charge in [0.05, 0.1) is 0 Å². The third-order valence-electron chi connectivity index (χ3n) is 1.06. The van der Waals surface area contributed by atoms with E-state index >= 15 is 0 Å². The minimum atomic E-state index is 0. The summed E-state index contributed by atoms with van der Waals surface area (Å²) < 4.78 is 0. The van der Waals surface area contributed by atoms with Gasteiger partial charge in [0.25, 0.3) is 0 Å². The summed E-state index contributed by atoms with van der Waals surface area (Å²) in [6.45, 7) is 2.10. The lowest BCUT2D eigenvalue weighted by Gasteiger charge is -2.10. The van der Waals surface area contributed by atoms with Crippen LogP contribution in [0.2, 0.25) is 0 Å². The molecule has 0 spiro atoms. The van der Waals surface area contributed by atoms with E-state index in [2.05, 4.69) is 10.3 Å². The van der Waals surface area contributed by atoms with Crippen molar-refractivity contribution >= 4 is 33.9 Å². The molecule has 0 fully saturated rings. The summed E-state index contributed by atoms with van der Waals surface area (Å²) in [5.74, 6) is 0. The summed E-state index contributed by atoms with van der Waals surface area (Å²) >= 11 is 1.68. The molecule has 0 aromatic rings. The summed E-state index contributed by atoms with van der Waals surface area (Å²) in [5.41, 5.74) is 0.